The molecule has 58 valence electrons. The Hall–Kier alpha value is -0.160. The fraction of sp³-hybridized carbons (Fsp3) is 0.833. The summed E-state index contributed by atoms with van der Waals surface area (Å²) in [5, 5.41) is 8.57. The van der Waals surface area contributed by atoms with E-state index in [-0.39, 0.29) is 0 Å². The lowest BCUT2D eigenvalue weighted by molar-refractivity contribution is 0.390. The predicted molar refractivity (Wildman–Crippen MR) is 42.5 cm³/mol. The summed E-state index contributed by atoms with van der Waals surface area (Å²) >= 11 is 0. The van der Waals surface area contributed by atoms with E-state index in [4.69, 9.17) is 9.79 Å². The molecule has 0 aliphatic heterocycles. The van der Waals surface area contributed by atoms with Crippen LogP contribution < -0.4 is 0 Å². The van der Waals surface area contributed by atoms with Crippen LogP contribution in [0.25, 0.3) is 0 Å². The summed E-state index contributed by atoms with van der Waals surface area (Å²) in [5.41, 5.74) is 0. The van der Waals surface area contributed by atoms with E-state index in [0.717, 1.165) is 13.1 Å². The Morgan fingerprint density at radius 3 is 2.10 bits per heavy atom. The second-order valence-corrected chi connectivity index (χ2v) is 3.37. The normalized spacial score (nSPS) is 13.1. The molecule has 0 aliphatic rings. The van der Waals surface area contributed by atoms with E-state index in [1.807, 2.05) is 18.5 Å². The number of hydrogen-bond donors (Lipinski definition) is 0. The Morgan fingerprint density at radius 2 is 2.00 bits per heavy atom. The lowest BCUT2D eigenvalue weighted by Gasteiger charge is -2.20. The van der Waals surface area contributed by atoms with E-state index >= 15 is 0 Å². The third kappa shape index (κ3) is 2.62. The summed E-state index contributed by atoms with van der Waals surface area (Å²) in [6.45, 7) is 5.80. The molecule has 3 nitrogen and oxygen atoms in total. The van der Waals surface area contributed by atoms with Crippen LogP contribution in [0.1, 0.15) is 13.8 Å². The van der Waals surface area contributed by atoms with Crippen molar-refractivity contribution in [2.75, 3.05) is 20.2 Å². The van der Waals surface area contributed by atoms with Gasteiger partial charge in [-0.3, -0.25) is 0 Å². The highest BCUT2D eigenvalue weighted by atomic mass is 31.2. The largest absolute Gasteiger partial charge is 0.336 e. The van der Waals surface area contributed by atoms with Crippen LogP contribution in [0.4, 0.5) is 0 Å². The molecule has 0 aromatic carbocycles. The van der Waals surface area contributed by atoms with E-state index in [0.29, 0.717) is 0 Å². The quantitative estimate of drug-likeness (QED) is 0.588. The molecule has 0 spiro atoms. The first-order valence-electron chi connectivity index (χ1n) is 3.28. The Bertz CT molecular complexity index is 119. The summed E-state index contributed by atoms with van der Waals surface area (Å²) in [6.07, 6.45) is 0. The second-order valence-electron chi connectivity index (χ2n) is 1.69. The predicted octanol–water partition coefficient (Wildman–Crippen LogP) is 1.77. The average molecular weight is 160 g/mol. The summed E-state index contributed by atoms with van der Waals surface area (Å²) in [5.74, 6) is 2.12. The summed E-state index contributed by atoms with van der Waals surface area (Å²) in [6, 6.07) is 0. The van der Waals surface area contributed by atoms with Crippen LogP contribution in [-0.4, -0.2) is 24.9 Å². The highest BCUT2D eigenvalue weighted by molar-refractivity contribution is 7.55. The summed E-state index contributed by atoms with van der Waals surface area (Å²) in [4.78, 5) is 0. The minimum absolute atomic E-state index is 0.879. The Labute approximate surface area is 63.5 Å². The van der Waals surface area contributed by atoms with Gasteiger partial charge in [-0.2, -0.15) is 5.26 Å². The van der Waals surface area contributed by atoms with Gasteiger partial charge in [0.25, 0.3) is 0 Å². The molecule has 0 fully saturated rings. The fourth-order valence-electron chi connectivity index (χ4n) is 0.700. The molecule has 0 N–H and O–H groups in total. The molecule has 1 unspecified atom stereocenters. The molecular formula is C6H13N2OP. The molecule has 0 bridgehead atoms. The third-order valence-electron chi connectivity index (χ3n) is 1.25. The van der Waals surface area contributed by atoms with Crippen LogP contribution in [0.5, 0.6) is 0 Å². The van der Waals surface area contributed by atoms with Gasteiger partial charge in [-0.25, -0.2) is 4.67 Å². The molecule has 0 saturated carbocycles. The monoisotopic (exact) mass is 160 g/mol. The molecule has 0 rings (SSSR count). The number of hydrogen-bond acceptors (Lipinski definition) is 3. The van der Waals surface area contributed by atoms with Gasteiger partial charge in [0.1, 0.15) is 5.81 Å². The maximum Gasteiger partial charge on any atom is 0.216 e. The molecule has 0 radical (unpaired) electrons. The van der Waals surface area contributed by atoms with E-state index in [9.17, 15) is 0 Å². The molecule has 0 heterocycles. The molecule has 1 atom stereocenters. The highest BCUT2D eigenvalue weighted by Crippen LogP contribution is 2.37. The lowest BCUT2D eigenvalue weighted by atomic mass is 10.7. The van der Waals surface area contributed by atoms with Gasteiger partial charge < -0.3 is 4.52 Å². The van der Waals surface area contributed by atoms with Gasteiger partial charge in [0.15, 0.2) is 0 Å². The van der Waals surface area contributed by atoms with Gasteiger partial charge in [-0.05, 0) is 0 Å². The summed E-state index contributed by atoms with van der Waals surface area (Å²) in [7, 11) is 0.596. The van der Waals surface area contributed by atoms with E-state index in [1.54, 1.807) is 7.11 Å². The number of rotatable bonds is 4. The van der Waals surface area contributed by atoms with Gasteiger partial charge in [-0.1, -0.05) is 13.8 Å². The molecule has 0 aromatic heterocycles. The van der Waals surface area contributed by atoms with Gasteiger partial charge >= 0.3 is 0 Å². The van der Waals surface area contributed by atoms with Crippen LogP contribution in [0.3, 0.4) is 0 Å². The molecule has 10 heavy (non-hydrogen) atoms. The fourth-order valence-corrected chi connectivity index (χ4v) is 1.65. The first kappa shape index (κ1) is 9.84. The van der Waals surface area contributed by atoms with Crippen LogP contribution in [0.2, 0.25) is 0 Å². The maximum absolute atomic E-state index is 8.57. The van der Waals surface area contributed by atoms with Crippen molar-refractivity contribution >= 4 is 8.30 Å². The maximum atomic E-state index is 8.57. The van der Waals surface area contributed by atoms with Crippen molar-refractivity contribution in [2.24, 2.45) is 0 Å². The van der Waals surface area contributed by atoms with Crippen molar-refractivity contribution < 1.29 is 4.52 Å². The van der Waals surface area contributed by atoms with Crippen LogP contribution >= 0.6 is 8.30 Å². The molecule has 4 heteroatoms. The SMILES string of the molecule is CCN(CC)P(C#N)OC. The van der Waals surface area contributed by atoms with E-state index in [1.165, 1.54) is 0 Å². The van der Waals surface area contributed by atoms with Gasteiger partial charge in [-0.15, -0.1) is 0 Å². The average Bonchev–Trinajstić information content (AvgIpc) is 2.00. The van der Waals surface area contributed by atoms with Crippen molar-refractivity contribution in [3.63, 3.8) is 0 Å². The smallest absolute Gasteiger partial charge is 0.216 e. The minimum atomic E-state index is -0.981. The van der Waals surface area contributed by atoms with Crippen LogP contribution in [0, 0.1) is 11.1 Å². The third-order valence-corrected chi connectivity index (χ3v) is 2.84. The van der Waals surface area contributed by atoms with Gasteiger partial charge in [0.05, 0.1) is 0 Å². The Balaban J connectivity index is 3.85. The minimum Gasteiger partial charge on any atom is -0.336 e. The first-order chi connectivity index (χ1) is 4.79. The zero-order valence-corrected chi connectivity index (χ0v) is 7.56. The van der Waals surface area contributed by atoms with Crippen LogP contribution in [-0.2, 0) is 4.52 Å². The summed E-state index contributed by atoms with van der Waals surface area (Å²) < 4.78 is 6.98. The van der Waals surface area contributed by atoms with Gasteiger partial charge in [0, 0.05) is 20.2 Å². The van der Waals surface area contributed by atoms with Crippen molar-refractivity contribution in [1.82, 2.24) is 4.67 Å². The van der Waals surface area contributed by atoms with Crippen molar-refractivity contribution in [3.8, 4) is 5.81 Å². The van der Waals surface area contributed by atoms with Crippen molar-refractivity contribution in [2.45, 2.75) is 13.8 Å². The van der Waals surface area contributed by atoms with E-state index < -0.39 is 8.30 Å². The standard InChI is InChI=1S/C6H13N2OP/c1-4-8(5-2)10(6-7)9-3/h4-5H2,1-3H3. The Kier molecular flexibility index (Phi) is 5.52. The number of nitrogens with zero attached hydrogens (tertiary/aromatic N) is 2. The molecule has 0 saturated heterocycles. The topological polar surface area (TPSA) is 36.3 Å². The van der Waals surface area contributed by atoms with Crippen molar-refractivity contribution in [1.29, 1.82) is 5.26 Å². The Morgan fingerprint density at radius 1 is 1.50 bits per heavy atom. The number of nitriles is 1. The first-order valence-corrected chi connectivity index (χ1v) is 4.50. The molecule has 0 aliphatic carbocycles. The zero-order valence-electron chi connectivity index (χ0n) is 6.66. The molecule has 0 amide bonds. The van der Waals surface area contributed by atoms with Crippen molar-refractivity contribution in [3.05, 3.63) is 0 Å². The van der Waals surface area contributed by atoms with Gasteiger partial charge in [0.2, 0.25) is 8.30 Å². The molecular weight excluding hydrogens is 147 g/mol. The molecule has 0 aromatic rings. The second kappa shape index (κ2) is 5.61. The zero-order chi connectivity index (χ0) is 7.98. The lowest BCUT2D eigenvalue weighted by Crippen LogP contribution is -2.16. The van der Waals surface area contributed by atoms with Crippen LogP contribution in [0.15, 0.2) is 0 Å². The van der Waals surface area contributed by atoms with E-state index in [2.05, 4.69) is 5.81 Å². The highest BCUT2D eigenvalue weighted by Gasteiger charge is 2.13.